The predicted octanol–water partition coefficient (Wildman–Crippen LogP) is 5.49. The third kappa shape index (κ3) is 3.79. The molecule has 0 radical (unpaired) electrons. The van der Waals surface area contributed by atoms with Crippen LogP contribution in [-0.2, 0) is 12.7 Å². The van der Waals surface area contributed by atoms with E-state index in [-0.39, 0.29) is 10.7 Å². The van der Waals surface area contributed by atoms with Crippen LogP contribution in [0.5, 0.6) is 0 Å². The van der Waals surface area contributed by atoms with Crippen LogP contribution in [0.3, 0.4) is 0 Å². The van der Waals surface area contributed by atoms with Crippen molar-refractivity contribution in [1.29, 1.82) is 0 Å². The molecule has 2 aromatic carbocycles. The van der Waals surface area contributed by atoms with Gasteiger partial charge in [0.1, 0.15) is 5.15 Å². The monoisotopic (exact) mass is 414 g/mol. The molecule has 2 aromatic heterocycles. The summed E-state index contributed by atoms with van der Waals surface area (Å²) in [6, 6.07) is 18.0. The van der Waals surface area contributed by atoms with Crippen molar-refractivity contribution in [3.8, 4) is 22.4 Å². The number of nitrogens with zero attached hydrogens (tertiary/aromatic N) is 3. The number of aromatic nitrogens is 3. The summed E-state index contributed by atoms with van der Waals surface area (Å²) in [5.74, 6) is -1.26. The molecule has 0 bridgehead atoms. The van der Waals surface area contributed by atoms with Crippen LogP contribution < -0.4 is 5.73 Å². The Morgan fingerprint density at radius 2 is 1.59 bits per heavy atom. The second-order valence-electron chi connectivity index (χ2n) is 6.33. The lowest BCUT2D eigenvalue weighted by atomic mass is 9.98. The molecule has 2 N–H and O–H groups in total. The fourth-order valence-electron chi connectivity index (χ4n) is 3.11. The number of benzene rings is 2. The third-order valence-corrected chi connectivity index (χ3v) is 4.69. The molecule has 2 heterocycles. The highest BCUT2D eigenvalue weighted by atomic mass is 35.5. The maximum Gasteiger partial charge on any atom is 0.451 e. The Morgan fingerprint density at radius 3 is 2.34 bits per heavy atom. The van der Waals surface area contributed by atoms with Gasteiger partial charge in [0.05, 0.1) is 16.9 Å². The van der Waals surface area contributed by atoms with Gasteiger partial charge in [-0.2, -0.15) is 13.2 Å². The second-order valence-corrected chi connectivity index (χ2v) is 6.69. The van der Waals surface area contributed by atoms with Gasteiger partial charge in [-0.05, 0) is 35.4 Å². The number of pyridine rings is 1. The van der Waals surface area contributed by atoms with Crippen LogP contribution >= 0.6 is 11.6 Å². The normalized spacial score (nSPS) is 11.8. The maximum atomic E-state index is 13.0. The number of hydrogen-bond donors (Lipinski definition) is 1. The van der Waals surface area contributed by atoms with E-state index in [1.807, 2.05) is 42.5 Å². The van der Waals surface area contributed by atoms with E-state index in [9.17, 15) is 13.2 Å². The minimum absolute atomic E-state index is 0.128. The van der Waals surface area contributed by atoms with Crippen molar-refractivity contribution < 1.29 is 13.2 Å². The van der Waals surface area contributed by atoms with Crippen LogP contribution in [0.15, 0.2) is 60.7 Å². The number of hydrogen-bond acceptors (Lipinski definition) is 4. The van der Waals surface area contributed by atoms with Gasteiger partial charge < -0.3 is 5.73 Å². The quantitative estimate of drug-likeness (QED) is 0.450. The summed E-state index contributed by atoms with van der Waals surface area (Å²) in [6.45, 7) is 0.325. The molecule has 0 amide bonds. The van der Waals surface area contributed by atoms with Crippen LogP contribution in [0.4, 0.5) is 13.2 Å². The van der Waals surface area contributed by atoms with E-state index in [2.05, 4.69) is 15.0 Å². The first-order valence-corrected chi connectivity index (χ1v) is 9.05. The molecule has 0 aliphatic rings. The zero-order valence-electron chi connectivity index (χ0n) is 14.9. The van der Waals surface area contributed by atoms with E-state index in [0.29, 0.717) is 17.5 Å². The van der Waals surface area contributed by atoms with Crippen LogP contribution in [-0.4, -0.2) is 15.0 Å². The highest BCUT2D eigenvalue weighted by molar-refractivity contribution is 6.35. The Bertz CT molecular complexity index is 1210. The van der Waals surface area contributed by atoms with E-state index < -0.39 is 12.0 Å². The van der Waals surface area contributed by atoms with Crippen LogP contribution in [0.25, 0.3) is 33.3 Å². The van der Waals surface area contributed by atoms with E-state index in [1.54, 1.807) is 12.1 Å². The Morgan fingerprint density at radius 1 is 0.862 bits per heavy atom. The van der Waals surface area contributed by atoms with Crippen molar-refractivity contribution in [2.45, 2.75) is 12.7 Å². The fraction of sp³-hybridized carbons (Fsp3) is 0.0952. The third-order valence-electron chi connectivity index (χ3n) is 4.42. The van der Waals surface area contributed by atoms with Gasteiger partial charge in [0.2, 0.25) is 5.82 Å². The van der Waals surface area contributed by atoms with E-state index in [4.69, 9.17) is 17.3 Å². The molecular weight excluding hydrogens is 401 g/mol. The minimum atomic E-state index is -4.67. The Kier molecular flexibility index (Phi) is 4.94. The molecule has 0 atom stereocenters. The molecule has 4 nitrogen and oxygen atoms in total. The largest absolute Gasteiger partial charge is 0.451 e. The van der Waals surface area contributed by atoms with Gasteiger partial charge in [-0.15, -0.1) is 0 Å². The number of rotatable bonds is 3. The summed E-state index contributed by atoms with van der Waals surface area (Å²) in [7, 11) is 0. The lowest BCUT2D eigenvalue weighted by molar-refractivity contribution is -0.144. The fourth-order valence-corrected chi connectivity index (χ4v) is 3.38. The zero-order valence-corrected chi connectivity index (χ0v) is 15.7. The van der Waals surface area contributed by atoms with E-state index in [1.165, 1.54) is 6.07 Å². The first kappa shape index (κ1) is 19.3. The summed E-state index contributed by atoms with van der Waals surface area (Å²) >= 11 is 6.14. The molecular formula is C21H14ClF3N4. The number of fused-ring (bicyclic) bond motifs is 1. The van der Waals surface area contributed by atoms with Gasteiger partial charge in [0.15, 0.2) is 0 Å². The molecule has 8 heteroatoms. The topological polar surface area (TPSA) is 64.7 Å². The lowest BCUT2D eigenvalue weighted by Crippen LogP contribution is -2.11. The van der Waals surface area contributed by atoms with E-state index >= 15 is 0 Å². The summed E-state index contributed by atoms with van der Waals surface area (Å²) in [5, 5.41) is 0.120. The molecule has 146 valence electrons. The standard InChI is InChI=1S/C21H14ClF3N4/c22-19-18-15(7-3-9-17(18)28-20(29-19)21(23,24)25)12-4-1-5-13(10-12)16-8-2-6-14(11-26)27-16/h1-10H,11,26H2. The van der Waals surface area contributed by atoms with Gasteiger partial charge in [0, 0.05) is 17.5 Å². The SMILES string of the molecule is NCc1cccc(-c2cccc(-c3cccc4nc(C(F)(F)F)nc(Cl)c34)c2)n1. The van der Waals surface area contributed by atoms with Crippen molar-refractivity contribution in [1.82, 2.24) is 15.0 Å². The van der Waals surface area contributed by atoms with Crippen molar-refractivity contribution in [2.75, 3.05) is 0 Å². The second kappa shape index (κ2) is 7.42. The summed E-state index contributed by atoms with van der Waals surface area (Å²) in [6.07, 6.45) is -4.67. The van der Waals surface area contributed by atoms with Gasteiger partial charge in [-0.25, -0.2) is 9.97 Å². The molecule has 0 aliphatic heterocycles. The highest BCUT2D eigenvalue weighted by Crippen LogP contribution is 2.36. The Balaban J connectivity index is 1.87. The number of alkyl halides is 3. The average Bonchev–Trinajstić information content (AvgIpc) is 2.72. The first-order valence-electron chi connectivity index (χ1n) is 8.67. The van der Waals surface area contributed by atoms with Crippen molar-refractivity contribution in [3.63, 3.8) is 0 Å². The molecule has 29 heavy (non-hydrogen) atoms. The van der Waals surface area contributed by atoms with Gasteiger partial charge in [-0.3, -0.25) is 4.98 Å². The number of nitrogens with two attached hydrogens (primary N) is 1. The molecule has 0 aliphatic carbocycles. The zero-order chi connectivity index (χ0) is 20.6. The van der Waals surface area contributed by atoms with E-state index in [0.717, 1.165) is 22.5 Å². The summed E-state index contributed by atoms with van der Waals surface area (Å²) in [5.41, 5.74) is 9.55. The van der Waals surface area contributed by atoms with Crippen molar-refractivity contribution in [2.24, 2.45) is 5.73 Å². The van der Waals surface area contributed by atoms with Crippen LogP contribution in [0.1, 0.15) is 11.5 Å². The van der Waals surface area contributed by atoms with Crippen LogP contribution in [0.2, 0.25) is 5.15 Å². The van der Waals surface area contributed by atoms with Gasteiger partial charge in [-0.1, -0.05) is 48.0 Å². The Hall–Kier alpha value is -3.03. The summed E-state index contributed by atoms with van der Waals surface area (Å²) < 4.78 is 39.1. The molecule has 0 saturated heterocycles. The predicted molar refractivity (Wildman–Crippen MR) is 106 cm³/mol. The van der Waals surface area contributed by atoms with Gasteiger partial charge in [0.25, 0.3) is 0 Å². The lowest BCUT2D eigenvalue weighted by Gasteiger charge is -2.12. The summed E-state index contributed by atoms with van der Waals surface area (Å²) in [4.78, 5) is 11.6. The molecule has 4 rings (SSSR count). The minimum Gasteiger partial charge on any atom is -0.325 e. The first-order chi connectivity index (χ1) is 13.9. The van der Waals surface area contributed by atoms with Crippen molar-refractivity contribution >= 4 is 22.5 Å². The Labute approximate surface area is 169 Å². The maximum absolute atomic E-state index is 13.0. The molecule has 0 fully saturated rings. The average molecular weight is 415 g/mol. The molecule has 0 saturated carbocycles. The number of halogens is 4. The van der Waals surface area contributed by atoms with Crippen LogP contribution in [0, 0.1) is 0 Å². The highest BCUT2D eigenvalue weighted by Gasteiger charge is 2.35. The van der Waals surface area contributed by atoms with Crippen molar-refractivity contribution in [3.05, 3.63) is 77.3 Å². The smallest absolute Gasteiger partial charge is 0.325 e. The van der Waals surface area contributed by atoms with Gasteiger partial charge >= 0.3 is 6.18 Å². The molecule has 0 spiro atoms. The molecule has 4 aromatic rings. The molecule has 0 unspecified atom stereocenters.